The number of nitrogens with one attached hydrogen (secondary N) is 2. The molecule has 0 atom stereocenters. The van der Waals surface area contributed by atoms with E-state index in [9.17, 15) is 9.90 Å². The Kier molecular flexibility index (Phi) is 3.67. The zero-order valence-electron chi connectivity index (χ0n) is 14.4. The number of hydrogen-bond donors (Lipinski definition) is 3. The molecule has 140 valence electrons. The highest BCUT2D eigenvalue weighted by Crippen LogP contribution is 2.22. The van der Waals surface area contributed by atoms with Crippen LogP contribution in [0, 0.1) is 0 Å². The highest BCUT2D eigenvalue weighted by Gasteiger charge is 2.22. The number of aromatic amines is 2. The first-order chi connectivity index (χ1) is 13.2. The quantitative estimate of drug-likeness (QED) is 0.499. The molecule has 0 unspecified atom stereocenters. The molecule has 2 aliphatic rings. The lowest BCUT2D eigenvalue weighted by Crippen LogP contribution is -2.39. The number of imidazole rings is 1. The fourth-order valence-corrected chi connectivity index (χ4v) is 2.97. The minimum atomic E-state index is -0.483. The third-order valence-electron chi connectivity index (χ3n) is 4.54. The van der Waals surface area contributed by atoms with Crippen LogP contribution in [0.15, 0.2) is 16.0 Å². The maximum Gasteiger partial charge on any atom is 0.326 e. The van der Waals surface area contributed by atoms with E-state index in [0.717, 1.165) is 12.8 Å². The molecule has 0 amide bonds. The first-order valence-corrected chi connectivity index (χ1v) is 8.83. The Balaban J connectivity index is 1.71. The smallest absolute Gasteiger partial charge is 0.326 e. The molecule has 4 heterocycles. The summed E-state index contributed by atoms with van der Waals surface area (Å²) in [6.07, 6.45) is 5.34. The van der Waals surface area contributed by atoms with Gasteiger partial charge in [0.05, 0.1) is 25.5 Å². The van der Waals surface area contributed by atoms with E-state index >= 15 is 0 Å². The molecule has 3 N–H and O–H groups in total. The van der Waals surface area contributed by atoms with E-state index in [1.807, 2.05) is 0 Å². The highest BCUT2D eigenvalue weighted by atomic mass is 16.5. The molecule has 11 heteroatoms. The maximum absolute atomic E-state index is 11.4. The average molecular weight is 370 g/mol. The van der Waals surface area contributed by atoms with Gasteiger partial charge in [-0.3, -0.25) is 4.98 Å². The Morgan fingerprint density at radius 1 is 1.26 bits per heavy atom. The van der Waals surface area contributed by atoms with E-state index in [2.05, 4.69) is 34.9 Å². The Morgan fingerprint density at radius 2 is 2.07 bits per heavy atom. The fraction of sp³-hybridized carbons (Fsp3) is 0.438. The van der Waals surface area contributed by atoms with Crippen molar-refractivity contribution in [3.05, 3.63) is 33.2 Å². The number of hydrogen-bond acceptors (Lipinski definition) is 8. The number of anilines is 1. The molecule has 1 saturated heterocycles. The third-order valence-corrected chi connectivity index (χ3v) is 4.54. The van der Waals surface area contributed by atoms with Crippen molar-refractivity contribution >= 4 is 17.7 Å². The third kappa shape index (κ3) is 3.05. The summed E-state index contributed by atoms with van der Waals surface area (Å²) in [7, 11) is 0. The number of aromatic nitrogens is 6. The minimum Gasteiger partial charge on any atom is -0.493 e. The van der Waals surface area contributed by atoms with E-state index in [-0.39, 0.29) is 17.6 Å². The van der Waals surface area contributed by atoms with Crippen molar-refractivity contribution in [2.75, 3.05) is 31.2 Å². The molecule has 3 aromatic rings. The van der Waals surface area contributed by atoms with Gasteiger partial charge in [0.2, 0.25) is 11.8 Å². The lowest BCUT2D eigenvalue weighted by molar-refractivity contribution is 0.122. The van der Waals surface area contributed by atoms with Crippen molar-refractivity contribution in [2.24, 2.45) is 4.99 Å². The van der Waals surface area contributed by atoms with Crippen LogP contribution in [0.5, 0.6) is 5.88 Å². The van der Waals surface area contributed by atoms with Crippen molar-refractivity contribution in [1.82, 2.24) is 29.5 Å². The molecule has 1 aliphatic carbocycles. The topological polar surface area (TPSA) is 137 Å². The molecular weight excluding hydrogens is 352 g/mol. The maximum atomic E-state index is 11.4. The summed E-state index contributed by atoms with van der Waals surface area (Å²) < 4.78 is 7.00. The molecule has 11 nitrogen and oxygen atoms in total. The van der Waals surface area contributed by atoms with Gasteiger partial charge in [-0.2, -0.15) is 19.6 Å². The van der Waals surface area contributed by atoms with Gasteiger partial charge in [0.15, 0.2) is 5.65 Å². The molecule has 1 saturated carbocycles. The van der Waals surface area contributed by atoms with Gasteiger partial charge in [0, 0.05) is 18.3 Å². The molecule has 0 radical (unpaired) electrons. The Morgan fingerprint density at radius 3 is 2.78 bits per heavy atom. The largest absolute Gasteiger partial charge is 0.493 e. The van der Waals surface area contributed by atoms with Gasteiger partial charge < -0.3 is 19.7 Å². The first-order valence-electron chi connectivity index (χ1n) is 8.83. The zero-order chi connectivity index (χ0) is 18.4. The van der Waals surface area contributed by atoms with Crippen molar-refractivity contribution in [1.29, 1.82) is 0 Å². The normalized spacial score (nSPS) is 19.3. The predicted molar refractivity (Wildman–Crippen MR) is 94.3 cm³/mol. The molecule has 5 rings (SSSR count). The predicted octanol–water partition coefficient (Wildman–Crippen LogP) is -1.71. The highest BCUT2D eigenvalue weighted by molar-refractivity contribution is 5.57. The molecular formula is C16H18N8O3. The zero-order valence-corrected chi connectivity index (χ0v) is 14.4. The lowest BCUT2D eigenvalue weighted by atomic mass is 10.3. The Hall–Kier alpha value is -3.21. The molecule has 27 heavy (non-hydrogen) atoms. The molecule has 0 spiro atoms. The monoisotopic (exact) mass is 370 g/mol. The molecule has 1 aliphatic heterocycles. The Bertz CT molecular complexity index is 1170. The second kappa shape index (κ2) is 6.20. The summed E-state index contributed by atoms with van der Waals surface area (Å²) in [5.74, 6) is 0.344. The summed E-state index contributed by atoms with van der Waals surface area (Å²) in [4.78, 5) is 32.2. The minimum absolute atomic E-state index is 0.232. The fourth-order valence-electron chi connectivity index (χ4n) is 2.97. The van der Waals surface area contributed by atoms with Gasteiger partial charge >= 0.3 is 5.69 Å². The van der Waals surface area contributed by atoms with Gasteiger partial charge in [-0.1, -0.05) is 0 Å². The van der Waals surface area contributed by atoms with Crippen LogP contribution in [0.25, 0.3) is 11.7 Å². The van der Waals surface area contributed by atoms with Crippen LogP contribution >= 0.6 is 0 Å². The van der Waals surface area contributed by atoms with Crippen LogP contribution in [0.3, 0.4) is 0 Å². The Labute approximate surface area is 152 Å². The summed E-state index contributed by atoms with van der Waals surface area (Å²) in [5.41, 5.74) is 0.855. The number of rotatable bonds is 3. The van der Waals surface area contributed by atoms with Gasteiger partial charge in [0.1, 0.15) is 5.69 Å². The second-order valence-corrected chi connectivity index (χ2v) is 6.60. The van der Waals surface area contributed by atoms with Crippen molar-refractivity contribution in [2.45, 2.75) is 18.9 Å². The molecule has 0 bridgehead atoms. The van der Waals surface area contributed by atoms with E-state index in [4.69, 9.17) is 4.74 Å². The number of nitrogens with zero attached hydrogens (tertiary/aromatic N) is 6. The van der Waals surface area contributed by atoms with E-state index in [1.165, 1.54) is 0 Å². The van der Waals surface area contributed by atoms with Crippen LogP contribution in [0.2, 0.25) is 0 Å². The second-order valence-electron chi connectivity index (χ2n) is 6.60. The summed E-state index contributed by atoms with van der Waals surface area (Å²) in [5, 5.41) is 14.8. The van der Waals surface area contributed by atoms with E-state index in [1.54, 1.807) is 16.8 Å². The average Bonchev–Trinajstić information content (AvgIpc) is 3.31. The van der Waals surface area contributed by atoms with Crippen LogP contribution in [-0.2, 0) is 4.74 Å². The van der Waals surface area contributed by atoms with Crippen molar-refractivity contribution in [3.63, 3.8) is 0 Å². The van der Waals surface area contributed by atoms with E-state index in [0.29, 0.717) is 48.7 Å². The number of morpholine rings is 1. The lowest BCUT2D eigenvalue weighted by Gasteiger charge is -2.26. The number of H-pyrrole nitrogens is 2. The number of aromatic hydroxyl groups is 1. The van der Waals surface area contributed by atoms with Crippen molar-refractivity contribution in [3.8, 4) is 5.88 Å². The van der Waals surface area contributed by atoms with Gasteiger partial charge in [0.25, 0.3) is 5.62 Å². The van der Waals surface area contributed by atoms with E-state index < -0.39 is 5.69 Å². The van der Waals surface area contributed by atoms with Gasteiger partial charge in [-0.15, -0.1) is 0 Å². The summed E-state index contributed by atoms with van der Waals surface area (Å²) >= 11 is 0. The SMILES string of the molecule is O=c1[nH]c(O)c(/C=c2\cnn3c(=NC4CC4)nc(N4CCOCC4)nc23)[nH]1. The first kappa shape index (κ1) is 16.0. The summed E-state index contributed by atoms with van der Waals surface area (Å²) in [6, 6.07) is 0.280. The van der Waals surface area contributed by atoms with Gasteiger partial charge in [-0.05, 0) is 18.9 Å². The van der Waals surface area contributed by atoms with Crippen LogP contribution in [-0.4, -0.2) is 67.0 Å². The molecule has 2 fully saturated rings. The van der Waals surface area contributed by atoms with Crippen molar-refractivity contribution < 1.29 is 9.84 Å². The van der Waals surface area contributed by atoms with Crippen LogP contribution < -0.4 is 21.4 Å². The number of fused-ring (bicyclic) bond motifs is 1. The van der Waals surface area contributed by atoms with Gasteiger partial charge in [-0.25, -0.2) is 9.79 Å². The van der Waals surface area contributed by atoms with Crippen LogP contribution in [0.4, 0.5) is 5.95 Å². The summed E-state index contributed by atoms with van der Waals surface area (Å²) in [6.45, 7) is 2.66. The standard InChI is InChI=1S/C16H18N8O3/c25-13-11(19-16(26)21-13)7-9-8-17-24-12(9)20-14(23-3-5-27-6-4-23)22-15(24)18-10-1-2-10/h7-8,10,25H,1-6H2,(H2,19,21,26)/b9-7+,18-15?. The molecule has 3 aromatic heterocycles. The molecule has 0 aromatic carbocycles. The number of ether oxygens (including phenoxy) is 1. The van der Waals surface area contributed by atoms with Crippen LogP contribution in [0.1, 0.15) is 18.5 Å².